The molecule has 1 heterocycles. The van der Waals surface area contributed by atoms with Crippen molar-refractivity contribution in [3.8, 4) is 0 Å². The van der Waals surface area contributed by atoms with E-state index in [1.807, 2.05) is 6.26 Å². The molecule has 0 bridgehead atoms. The first-order valence-electron chi connectivity index (χ1n) is 6.12. The van der Waals surface area contributed by atoms with Gasteiger partial charge in [-0.2, -0.15) is 13.2 Å². The molecule has 2 N–H and O–H groups in total. The number of carbonyl (C=O) groups excluding carboxylic acids is 1. The number of amides is 1. The van der Waals surface area contributed by atoms with Crippen molar-refractivity contribution in [3.63, 3.8) is 0 Å². The highest BCUT2D eigenvalue weighted by atomic mass is 32.2. The molecule has 0 radical (unpaired) electrons. The lowest BCUT2D eigenvalue weighted by atomic mass is 9.85. The topological polar surface area (TPSA) is 41.1 Å². The molecule has 2 rings (SSSR count). The Morgan fingerprint density at radius 2 is 2.00 bits per heavy atom. The van der Waals surface area contributed by atoms with Gasteiger partial charge in [-0.1, -0.05) is 0 Å². The van der Waals surface area contributed by atoms with E-state index < -0.39 is 17.5 Å². The number of thioether (sulfide) groups is 1. The maximum Gasteiger partial charge on any atom is 0.404 e. The van der Waals surface area contributed by atoms with Gasteiger partial charge >= 0.3 is 6.18 Å². The molecule has 1 saturated heterocycles. The highest BCUT2D eigenvalue weighted by molar-refractivity contribution is 7.98. The second-order valence-corrected chi connectivity index (χ2v) is 5.57. The summed E-state index contributed by atoms with van der Waals surface area (Å²) in [5.41, 5.74) is -1.95. The molecule has 110 valence electrons. The molecular weight excluding hydrogens is 289 g/mol. The van der Waals surface area contributed by atoms with Crippen molar-refractivity contribution in [2.75, 3.05) is 24.7 Å². The number of hydrogen-bond acceptors (Lipinski definition) is 3. The molecule has 1 aliphatic rings. The molecule has 1 amide bonds. The number of anilines is 1. The first-order valence-corrected chi connectivity index (χ1v) is 7.34. The highest BCUT2D eigenvalue weighted by Crippen LogP contribution is 2.43. The third kappa shape index (κ3) is 2.78. The van der Waals surface area contributed by atoms with Crippen LogP contribution in [-0.2, 0) is 4.79 Å². The number of carbonyl (C=O) groups is 1. The Kier molecular flexibility index (Phi) is 4.29. The van der Waals surface area contributed by atoms with E-state index >= 15 is 0 Å². The van der Waals surface area contributed by atoms with Crippen molar-refractivity contribution in [3.05, 3.63) is 24.3 Å². The second-order valence-electron chi connectivity index (χ2n) is 4.69. The van der Waals surface area contributed by atoms with Gasteiger partial charge in [0.25, 0.3) is 0 Å². The van der Waals surface area contributed by atoms with E-state index in [1.54, 1.807) is 24.3 Å². The minimum Gasteiger partial charge on any atom is -0.325 e. The molecule has 1 atom stereocenters. The predicted octanol–water partition coefficient (Wildman–Crippen LogP) is 2.89. The Hall–Kier alpha value is -1.21. The number of rotatable bonds is 3. The van der Waals surface area contributed by atoms with E-state index in [-0.39, 0.29) is 19.5 Å². The summed E-state index contributed by atoms with van der Waals surface area (Å²) in [6.45, 7) is -0.177. The maximum absolute atomic E-state index is 13.2. The summed E-state index contributed by atoms with van der Waals surface area (Å²) in [4.78, 5) is 13.0. The maximum atomic E-state index is 13.2. The van der Waals surface area contributed by atoms with E-state index in [9.17, 15) is 18.0 Å². The number of nitrogens with one attached hydrogen (secondary N) is 2. The zero-order chi connectivity index (χ0) is 14.8. The van der Waals surface area contributed by atoms with E-state index in [2.05, 4.69) is 10.6 Å². The van der Waals surface area contributed by atoms with Crippen molar-refractivity contribution in [1.29, 1.82) is 0 Å². The summed E-state index contributed by atoms with van der Waals surface area (Å²) in [5, 5.41) is 4.99. The minimum atomic E-state index is -4.56. The zero-order valence-corrected chi connectivity index (χ0v) is 11.7. The standard InChI is InChI=1S/C13H15F3N2OS/c1-20-10-4-2-9(3-5-10)18-11(19)12(13(14,15)16)6-7-17-8-12/h2-5,17H,6-8H2,1H3,(H,18,19). The first kappa shape index (κ1) is 15.2. The lowest BCUT2D eigenvalue weighted by Crippen LogP contribution is -2.49. The zero-order valence-electron chi connectivity index (χ0n) is 10.9. The fourth-order valence-corrected chi connectivity index (χ4v) is 2.59. The third-order valence-corrected chi connectivity index (χ3v) is 4.22. The summed E-state index contributed by atoms with van der Waals surface area (Å²) >= 11 is 1.52. The van der Waals surface area contributed by atoms with E-state index in [0.717, 1.165) is 4.90 Å². The molecule has 3 nitrogen and oxygen atoms in total. The van der Waals surface area contributed by atoms with Crippen LogP contribution in [0.25, 0.3) is 0 Å². The average Bonchev–Trinajstić information content (AvgIpc) is 2.90. The van der Waals surface area contributed by atoms with Crippen LogP contribution < -0.4 is 10.6 Å². The molecule has 0 spiro atoms. The van der Waals surface area contributed by atoms with E-state index in [4.69, 9.17) is 0 Å². The van der Waals surface area contributed by atoms with Crippen molar-refractivity contribution >= 4 is 23.4 Å². The van der Waals surface area contributed by atoms with Crippen LogP contribution in [0.5, 0.6) is 0 Å². The summed E-state index contributed by atoms with van der Waals surface area (Å²) in [5.74, 6) is -0.994. The van der Waals surface area contributed by atoms with Crippen LogP contribution in [0.4, 0.5) is 18.9 Å². The summed E-state index contributed by atoms with van der Waals surface area (Å²) in [6.07, 6.45) is -2.89. The largest absolute Gasteiger partial charge is 0.404 e. The molecule has 0 saturated carbocycles. The Balaban J connectivity index is 2.17. The van der Waals surface area contributed by atoms with Gasteiger partial charge in [0.2, 0.25) is 5.91 Å². The van der Waals surface area contributed by atoms with Gasteiger partial charge < -0.3 is 10.6 Å². The average molecular weight is 304 g/mol. The lowest BCUT2D eigenvalue weighted by molar-refractivity contribution is -0.213. The van der Waals surface area contributed by atoms with Crippen molar-refractivity contribution in [2.24, 2.45) is 5.41 Å². The number of halogens is 3. The molecule has 0 aliphatic carbocycles. The van der Waals surface area contributed by atoms with Gasteiger partial charge in [-0.05, 0) is 43.5 Å². The quantitative estimate of drug-likeness (QED) is 0.844. The van der Waals surface area contributed by atoms with E-state index in [0.29, 0.717) is 5.69 Å². The smallest absolute Gasteiger partial charge is 0.325 e. The van der Waals surface area contributed by atoms with Gasteiger partial charge in [0.05, 0.1) is 0 Å². The Morgan fingerprint density at radius 3 is 2.45 bits per heavy atom. The van der Waals surface area contributed by atoms with Gasteiger partial charge in [-0.15, -0.1) is 11.8 Å². The number of alkyl halides is 3. The Bertz CT molecular complexity index is 481. The second kappa shape index (κ2) is 5.65. The third-order valence-electron chi connectivity index (χ3n) is 3.48. The minimum absolute atomic E-state index is 0.193. The molecule has 0 aromatic heterocycles. The van der Waals surface area contributed by atoms with Gasteiger partial charge in [-0.25, -0.2) is 0 Å². The summed E-state index contributed by atoms with van der Waals surface area (Å²) in [7, 11) is 0. The van der Waals surface area contributed by atoms with Crippen LogP contribution in [0.3, 0.4) is 0 Å². The molecule has 1 aliphatic heterocycles. The van der Waals surface area contributed by atoms with Crippen LogP contribution in [-0.4, -0.2) is 31.4 Å². The van der Waals surface area contributed by atoms with Gasteiger partial charge in [0.15, 0.2) is 5.41 Å². The van der Waals surface area contributed by atoms with Crippen LogP contribution >= 0.6 is 11.8 Å². The van der Waals surface area contributed by atoms with Crippen LogP contribution in [0.1, 0.15) is 6.42 Å². The summed E-state index contributed by atoms with van der Waals surface area (Å²) < 4.78 is 39.6. The van der Waals surface area contributed by atoms with Gasteiger partial charge in [0.1, 0.15) is 0 Å². The first-order chi connectivity index (χ1) is 9.39. The highest BCUT2D eigenvalue weighted by Gasteiger charge is 2.61. The van der Waals surface area contributed by atoms with Crippen molar-refractivity contribution < 1.29 is 18.0 Å². The normalized spacial score (nSPS) is 22.8. The molecule has 1 unspecified atom stereocenters. The SMILES string of the molecule is CSc1ccc(NC(=O)C2(C(F)(F)F)CCNC2)cc1. The molecule has 1 aromatic rings. The monoisotopic (exact) mass is 304 g/mol. The van der Waals surface area contributed by atoms with Crippen LogP contribution in [0.15, 0.2) is 29.2 Å². The van der Waals surface area contributed by atoms with Crippen LogP contribution in [0.2, 0.25) is 0 Å². The fourth-order valence-electron chi connectivity index (χ4n) is 2.18. The Labute approximate surface area is 119 Å². The summed E-state index contributed by atoms with van der Waals surface area (Å²) in [6, 6.07) is 6.73. The molecule has 1 aromatic carbocycles. The fraction of sp³-hybridized carbons (Fsp3) is 0.462. The number of benzene rings is 1. The van der Waals surface area contributed by atoms with Gasteiger partial charge in [0, 0.05) is 17.1 Å². The van der Waals surface area contributed by atoms with Gasteiger partial charge in [-0.3, -0.25) is 4.79 Å². The van der Waals surface area contributed by atoms with Crippen molar-refractivity contribution in [1.82, 2.24) is 5.32 Å². The molecular formula is C13H15F3N2OS. The molecule has 20 heavy (non-hydrogen) atoms. The molecule has 7 heteroatoms. The van der Waals surface area contributed by atoms with E-state index in [1.165, 1.54) is 11.8 Å². The Morgan fingerprint density at radius 1 is 1.35 bits per heavy atom. The van der Waals surface area contributed by atoms with Crippen LogP contribution in [0, 0.1) is 5.41 Å². The number of hydrogen-bond donors (Lipinski definition) is 2. The lowest BCUT2D eigenvalue weighted by Gasteiger charge is -2.29. The molecule has 1 fully saturated rings. The van der Waals surface area contributed by atoms with Crippen molar-refractivity contribution in [2.45, 2.75) is 17.5 Å². The predicted molar refractivity (Wildman–Crippen MR) is 72.8 cm³/mol.